The minimum Gasteiger partial charge on any atom is -0.399 e. The Labute approximate surface area is 124 Å². The lowest BCUT2D eigenvalue weighted by atomic mass is 10.2. The Kier molecular flexibility index (Phi) is 5.71. The van der Waals surface area contributed by atoms with Gasteiger partial charge in [-0.05, 0) is 24.3 Å². The minimum atomic E-state index is -3.12. The maximum Gasteiger partial charge on any atom is 0.251 e. The lowest BCUT2D eigenvalue weighted by molar-refractivity contribution is -0.128. The second-order valence-corrected chi connectivity index (χ2v) is 7.01. The van der Waals surface area contributed by atoms with Crippen molar-refractivity contribution in [3.8, 4) is 0 Å². The smallest absolute Gasteiger partial charge is 0.251 e. The normalized spacial score (nSPS) is 11.0. The number of amides is 2. The molecule has 0 saturated heterocycles. The van der Waals surface area contributed by atoms with Gasteiger partial charge in [0.2, 0.25) is 5.91 Å². The van der Waals surface area contributed by atoms with Gasteiger partial charge in [-0.3, -0.25) is 9.59 Å². The van der Waals surface area contributed by atoms with E-state index in [9.17, 15) is 18.0 Å². The average molecular weight is 313 g/mol. The zero-order valence-electron chi connectivity index (χ0n) is 12.0. The van der Waals surface area contributed by atoms with Crippen molar-refractivity contribution in [2.24, 2.45) is 0 Å². The molecular formula is C13H19N3O4S. The molecule has 0 heterocycles. The van der Waals surface area contributed by atoms with E-state index in [1.165, 1.54) is 11.9 Å². The van der Waals surface area contributed by atoms with Gasteiger partial charge in [0.05, 0.1) is 12.3 Å². The van der Waals surface area contributed by atoms with Crippen LogP contribution in [0.15, 0.2) is 24.3 Å². The zero-order chi connectivity index (χ0) is 16.0. The number of nitrogens with one attached hydrogen (secondary N) is 1. The molecule has 0 unspecified atom stereocenters. The van der Waals surface area contributed by atoms with Crippen molar-refractivity contribution in [2.45, 2.75) is 0 Å². The number of likely N-dealkylation sites (N-methyl/N-ethyl adjacent to an activating group) is 1. The van der Waals surface area contributed by atoms with Crippen molar-refractivity contribution in [1.82, 2.24) is 10.2 Å². The van der Waals surface area contributed by atoms with Gasteiger partial charge in [-0.2, -0.15) is 0 Å². The number of hydrogen-bond donors (Lipinski definition) is 2. The summed E-state index contributed by atoms with van der Waals surface area (Å²) < 4.78 is 22.0. The van der Waals surface area contributed by atoms with E-state index in [-0.39, 0.29) is 30.7 Å². The molecule has 2 amide bonds. The number of carbonyl (C=O) groups excluding carboxylic acids is 2. The topological polar surface area (TPSA) is 110 Å². The number of nitrogens with zero attached hydrogens (tertiary/aromatic N) is 1. The molecule has 0 atom stereocenters. The molecule has 8 heteroatoms. The molecule has 116 valence electrons. The Morgan fingerprint density at radius 3 is 2.33 bits per heavy atom. The molecule has 1 aromatic rings. The first-order chi connectivity index (χ1) is 9.69. The summed E-state index contributed by atoms with van der Waals surface area (Å²) in [7, 11) is -1.64. The number of nitrogens with two attached hydrogens (primary N) is 1. The largest absolute Gasteiger partial charge is 0.399 e. The van der Waals surface area contributed by atoms with Crippen LogP contribution in [0.2, 0.25) is 0 Å². The predicted molar refractivity (Wildman–Crippen MR) is 80.5 cm³/mol. The molecule has 0 bridgehead atoms. The van der Waals surface area contributed by atoms with Gasteiger partial charge in [-0.1, -0.05) is 0 Å². The van der Waals surface area contributed by atoms with Crippen LogP contribution in [-0.4, -0.2) is 57.3 Å². The molecular weight excluding hydrogens is 294 g/mol. The summed E-state index contributed by atoms with van der Waals surface area (Å²) in [5, 5.41) is 2.48. The SMILES string of the molecule is CN(CCS(C)(=O)=O)C(=O)CNC(=O)c1ccc(N)cc1. The molecule has 0 saturated carbocycles. The molecule has 21 heavy (non-hydrogen) atoms. The Balaban J connectivity index is 2.45. The van der Waals surface area contributed by atoms with Gasteiger partial charge in [0.15, 0.2) is 0 Å². The monoisotopic (exact) mass is 313 g/mol. The Morgan fingerprint density at radius 1 is 1.24 bits per heavy atom. The number of anilines is 1. The highest BCUT2D eigenvalue weighted by Crippen LogP contribution is 2.04. The molecule has 0 aliphatic heterocycles. The lowest BCUT2D eigenvalue weighted by Gasteiger charge is -2.16. The van der Waals surface area contributed by atoms with Gasteiger partial charge < -0.3 is 16.0 Å². The quantitative estimate of drug-likeness (QED) is 0.688. The first kappa shape index (κ1) is 17.0. The molecule has 0 aliphatic rings. The van der Waals surface area contributed by atoms with Gasteiger partial charge in [-0.25, -0.2) is 8.42 Å². The first-order valence-corrected chi connectivity index (χ1v) is 8.30. The predicted octanol–water partition coefficient (Wildman–Crippen LogP) is -0.498. The summed E-state index contributed by atoms with van der Waals surface area (Å²) in [6, 6.07) is 6.30. The average Bonchev–Trinajstić information content (AvgIpc) is 2.41. The molecule has 0 fully saturated rings. The highest BCUT2D eigenvalue weighted by atomic mass is 32.2. The summed E-state index contributed by atoms with van der Waals surface area (Å²) in [6.07, 6.45) is 1.11. The van der Waals surface area contributed by atoms with E-state index in [1.54, 1.807) is 24.3 Å². The molecule has 1 rings (SSSR count). The number of nitrogen functional groups attached to an aromatic ring is 1. The fraction of sp³-hybridized carbons (Fsp3) is 0.385. The number of benzene rings is 1. The van der Waals surface area contributed by atoms with Gasteiger partial charge in [-0.15, -0.1) is 0 Å². The van der Waals surface area contributed by atoms with E-state index in [4.69, 9.17) is 5.73 Å². The van der Waals surface area contributed by atoms with Crippen molar-refractivity contribution < 1.29 is 18.0 Å². The highest BCUT2D eigenvalue weighted by Gasteiger charge is 2.13. The van der Waals surface area contributed by atoms with Gasteiger partial charge >= 0.3 is 0 Å². The van der Waals surface area contributed by atoms with Crippen molar-refractivity contribution in [1.29, 1.82) is 0 Å². The van der Waals surface area contributed by atoms with Crippen molar-refractivity contribution >= 4 is 27.3 Å². The fourth-order valence-corrected chi connectivity index (χ4v) is 2.06. The molecule has 0 radical (unpaired) electrons. The Morgan fingerprint density at radius 2 is 1.81 bits per heavy atom. The summed E-state index contributed by atoms with van der Waals surface area (Å²) >= 11 is 0. The number of rotatable bonds is 6. The van der Waals surface area contributed by atoms with Crippen LogP contribution in [0.1, 0.15) is 10.4 Å². The van der Waals surface area contributed by atoms with Gasteiger partial charge in [0.1, 0.15) is 9.84 Å². The standard InChI is InChI=1S/C13H19N3O4S/c1-16(7-8-21(2,19)20)12(17)9-15-13(18)10-3-5-11(14)6-4-10/h3-6H,7-9,14H2,1-2H3,(H,15,18). The zero-order valence-corrected chi connectivity index (χ0v) is 12.8. The third-order valence-electron chi connectivity index (χ3n) is 2.80. The molecule has 1 aromatic carbocycles. The molecule has 3 N–H and O–H groups in total. The van der Waals surface area contributed by atoms with Crippen LogP contribution in [0.5, 0.6) is 0 Å². The third-order valence-corrected chi connectivity index (χ3v) is 3.72. The maximum atomic E-state index is 11.8. The number of carbonyl (C=O) groups is 2. The first-order valence-electron chi connectivity index (χ1n) is 6.24. The minimum absolute atomic E-state index is 0.0927. The Bertz CT molecular complexity index is 611. The molecule has 0 aromatic heterocycles. The summed E-state index contributed by atoms with van der Waals surface area (Å²) in [5.41, 5.74) is 6.46. The van der Waals surface area contributed by atoms with E-state index >= 15 is 0 Å². The van der Waals surface area contributed by atoms with E-state index in [1.807, 2.05) is 0 Å². The molecule has 7 nitrogen and oxygen atoms in total. The van der Waals surface area contributed by atoms with E-state index in [0.717, 1.165) is 6.26 Å². The van der Waals surface area contributed by atoms with Crippen LogP contribution >= 0.6 is 0 Å². The second kappa shape index (κ2) is 7.07. The van der Waals surface area contributed by atoms with Crippen molar-refractivity contribution in [3.63, 3.8) is 0 Å². The van der Waals surface area contributed by atoms with E-state index < -0.39 is 9.84 Å². The van der Waals surface area contributed by atoms with Crippen LogP contribution in [0.3, 0.4) is 0 Å². The fourth-order valence-electron chi connectivity index (χ4n) is 1.45. The summed E-state index contributed by atoms with van der Waals surface area (Å²) in [6.45, 7) is -0.0983. The van der Waals surface area contributed by atoms with Crippen LogP contribution in [0.25, 0.3) is 0 Å². The van der Waals surface area contributed by atoms with E-state index in [0.29, 0.717) is 11.3 Å². The van der Waals surface area contributed by atoms with Crippen molar-refractivity contribution in [3.05, 3.63) is 29.8 Å². The van der Waals surface area contributed by atoms with Crippen LogP contribution in [0.4, 0.5) is 5.69 Å². The maximum absolute atomic E-state index is 11.8. The number of sulfone groups is 1. The van der Waals surface area contributed by atoms with Crippen LogP contribution in [0, 0.1) is 0 Å². The van der Waals surface area contributed by atoms with Crippen molar-refractivity contribution in [2.75, 3.05) is 37.9 Å². The summed E-state index contributed by atoms with van der Waals surface area (Å²) in [4.78, 5) is 24.8. The highest BCUT2D eigenvalue weighted by molar-refractivity contribution is 7.90. The van der Waals surface area contributed by atoms with Gasteiger partial charge in [0, 0.05) is 31.1 Å². The van der Waals surface area contributed by atoms with Gasteiger partial charge in [0.25, 0.3) is 5.91 Å². The van der Waals surface area contributed by atoms with Crippen LogP contribution < -0.4 is 11.1 Å². The second-order valence-electron chi connectivity index (χ2n) is 4.75. The molecule has 0 aliphatic carbocycles. The van der Waals surface area contributed by atoms with E-state index in [2.05, 4.69) is 5.32 Å². The lowest BCUT2D eigenvalue weighted by Crippen LogP contribution is -2.39. The third kappa shape index (κ3) is 6.26. The number of hydrogen-bond acceptors (Lipinski definition) is 5. The Hall–Kier alpha value is -2.09. The van der Waals surface area contributed by atoms with Crippen LogP contribution in [-0.2, 0) is 14.6 Å². The molecule has 0 spiro atoms. The summed E-state index contributed by atoms with van der Waals surface area (Å²) in [5.74, 6) is -0.858.